The van der Waals surface area contributed by atoms with Crippen molar-refractivity contribution in [1.29, 1.82) is 0 Å². The summed E-state index contributed by atoms with van der Waals surface area (Å²) in [5, 5.41) is 20.8. The topological polar surface area (TPSA) is 101 Å². The van der Waals surface area contributed by atoms with Gasteiger partial charge in [-0.3, -0.25) is 14.4 Å². The van der Waals surface area contributed by atoms with E-state index in [0.717, 1.165) is 19.3 Å². The number of ether oxygens (including phenoxy) is 1. The average Bonchev–Trinajstić information content (AvgIpc) is 2.93. The van der Waals surface area contributed by atoms with Crippen LogP contribution in [0.5, 0.6) is 0 Å². The molecular weight excluding hydrogens is 372 g/mol. The molecule has 1 fully saturated rings. The molecule has 0 radical (unpaired) electrons. The van der Waals surface area contributed by atoms with Crippen LogP contribution in [-0.2, 0) is 19.1 Å². The van der Waals surface area contributed by atoms with Gasteiger partial charge < -0.3 is 14.9 Å². The summed E-state index contributed by atoms with van der Waals surface area (Å²) in [6.45, 7) is 6.17. The first-order valence-electron chi connectivity index (χ1n) is 10.8. The largest absolute Gasteiger partial charge is 0.469 e. The number of esters is 1. The number of carbonyl (C=O) groups is 3. The van der Waals surface area contributed by atoms with Gasteiger partial charge in [0.05, 0.1) is 19.3 Å². The number of aliphatic hydroxyl groups is 2. The maximum Gasteiger partial charge on any atom is 0.313 e. The molecule has 166 valence electrons. The average molecular weight is 411 g/mol. The van der Waals surface area contributed by atoms with Crippen molar-refractivity contribution in [2.45, 2.75) is 90.8 Å². The van der Waals surface area contributed by atoms with Gasteiger partial charge in [0.2, 0.25) is 0 Å². The lowest BCUT2D eigenvalue weighted by molar-refractivity contribution is -0.143. The number of methoxy groups -OCH3 is 1. The summed E-state index contributed by atoms with van der Waals surface area (Å²) >= 11 is 0. The van der Waals surface area contributed by atoms with E-state index in [1.807, 2.05) is 13.8 Å². The molecule has 1 saturated carbocycles. The number of hydrogen-bond donors (Lipinski definition) is 2. The highest BCUT2D eigenvalue weighted by molar-refractivity contribution is 5.95. The van der Waals surface area contributed by atoms with Gasteiger partial charge in [-0.2, -0.15) is 0 Å². The number of Topliss-reactive ketones (excluding diaryl/α,β-unsaturated/α-hetero) is 2. The summed E-state index contributed by atoms with van der Waals surface area (Å²) in [5.41, 5.74) is -0.254. The zero-order chi connectivity index (χ0) is 22.0. The molecule has 0 heterocycles. The predicted octanol–water partition coefficient (Wildman–Crippen LogP) is 3.38. The van der Waals surface area contributed by atoms with Gasteiger partial charge in [-0.15, -0.1) is 0 Å². The highest BCUT2D eigenvalue weighted by Gasteiger charge is 2.39. The number of aliphatic hydroxyl groups excluding tert-OH is 2. The van der Waals surface area contributed by atoms with Crippen molar-refractivity contribution in [1.82, 2.24) is 0 Å². The van der Waals surface area contributed by atoms with Gasteiger partial charge in [-0.25, -0.2) is 0 Å². The molecule has 6 nitrogen and oxygen atoms in total. The molecule has 1 rings (SSSR count). The number of hydrogen-bond acceptors (Lipinski definition) is 6. The first kappa shape index (κ1) is 25.5. The van der Waals surface area contributed by atoms with Crippen LogP contribution in [0.1, 0.15) is 78.6 Å². The summed E-state index contributed by atoms with van der Waals surface area (Å²) < 4.78 is 4.48. The van der Waals surface area contributed by atoms with Gasteiger partial charge in [0, 0.05) is 24.7 Å². The fourth-order valence-corrected chi connectivity index (χ4v) is 3.87. The molecule has 0 spiro atoms. The monoisotopic (exact) mass is 410 g/mol. The Hall–Kier alpha value is -1.53. The van der Waals surface area contributed by atoms with Crippen LogP contribution in [0.4, 0.5) is 0 Å². The van der Waals surface area contributed by atoms with Crippen LogP contribution in [0.3, 0.4) is 0 Å². The van der Waals surface area contributed by atoms with Gasteiger partial charge in [0.15, 0.2) is 0 Å². The zero-order valence-corrected chi connectivity index (χ0v) is 18.4. The molecule has 0 aromatic heterocycles. The van der Waals surface area contributed by atoms with E-state index in [0.29, 0.717) is 19.3 Å². The highest BCUT2D eigenvalue weighted by Crippen LogP contribution is 2.35. The molecule has 0 bridgehead atoms. The molecule has 0 amide bonds. The SMILES string of the molecule is CCCCC(C)(C)[C@H](O)/C=C/[C@H]1[C@H](O)CC(=O)[C@@H]1CCCCC(=O)CC(=O)OC. The molecular formula is C23H38O6. The number of rotatable bonds is 13. The van der Waals surface area contributed by atoms with Gasteiger partial charge >= 0.3 is 5.97 Å². The minimum absolute atomic E-state index is 0.0350. The van der Waals surface area contributed by atoms with Crippen LogP contribution in [-0.4, -0.2) is 47.1 Å². The van der Waals surface area contributed by atoms with Crippen molar-refractivity contribution in [2.24, 2.45) is 17.3 Å². The molecule has 6 heteroatoms. The minimum Gasteiger partial charge on any atom is -0.469 e. The summed E-state index contributed by atoms with van der Waals surface area (Å²) in [6.07, 6.45) is 7.26. The molecule has 1 aliphatic rings. The summed E-state index contributed by atoms with van der Waals surface area (Å²) in [4.78, 5) is 35.1. The Bertz CT molecular complexity index is 580. The Morgan fingerprint density at radius 3 is 2.59 bits per heavy atom. The zero-order valence-electron chi connectivity index (χ0n) is 18.4. The van der Waals surface area contributed by atoms with E-state index in [1.54, 1.807) is 12.2 Å². The molecule has 0 aromatic carbocycles. The summed E-state index contributed by atoms with van der Waals surface area (Å²) in [5.74, 6) is -1.25. The fraction of sp³-hybridized carbons (Fsp3) is 0.783. The Morgan fingerprint density at radius 2 is 1.97 bits per heavy atom. The third-order valence-corrected chi connectivity index (χ3v) is 6.01. The predicted molar refractivity (Wildman–Crippen MR) is 111 cm³/mol. The van der Waals surface area contributed by atoms with Crippen molar-refractivity contribution >= 4 is 17.5 Å². The summed E-state index contributed by atoms with van der Waals surface area (Å²) in [7, 11) is 1.25. The smallest absolute Gasteiger partial charge is 0.313 e. The first-order valence-corrected chi connectivity index (χ1v) is 10.8. The molecule has 0 aromatic rings. The van der Waals surface area contributed by atoms with Crippen molar-refractivity contribution in [3.8, 4) is 0 Å². The lowest BCUT2D eigenvalue weighted by Gasteiger charge is -2.29. The van der Waals surface area contributed by atoms with E-state index in [-0.39, 0.29) is 48.1 Å². The molecule has 1 aliphatic carbocycles. The van der Waals surface area contributed by atoms with Crippen molar-refractivity contribution < 1.29 is 29.3 Å². The van der Waals surface area contributed by atoms with Crippen LogP contribution >= 0.6 is 0 Å². The molecule has 0 aliphatic heterocycles. The maximum absolute atomic E-state index is 12.3. The normalized spacial score (nSPS) is 23.5. The second-order valence-corrected chi connectivity index (χ2v) is 8.88. The second kappa shape index (κ2) is 12.2. The maximum atomic E-state index is 12.3. The van der Waals surface area contributed by atoms with Crippen LogP contribution < -0.4 is 0 Å². The Balaban J connectivity index is 2.57. The second-order valence-electron chi connectivity index (χ2n) is 8.88. The lowest BCUT2D eigenvalue weighted by atomic mass is 9.80. The van der Waals surface area contributed by atoms with E-state index in [1.165, 1.54) is 7.11 Å². The van der Waals surface area contributed by atoms with Crippen LogP contribution in [0.15, 0.2) is 12.2 Å². The van der Waals surface area contributed by atoms with E-state index in [2.05, 4.69) is 11.7 Å². The molecule has 29 heavy (non-hydrogen) atoms. The van der Waals surface area contributed by atoms with E-state index in [9.17, 15) is 24.6 Å². The van der Waals surface area contributed by atoms with E-state index < -0.39 is 18.2 Å². The first-order chi connectivity index (χ1) is 13.6. The number of carbonyl (C=O) groups excluding carboxylic acids is 3. The van der Waals surface area contributed by atoms with Crippen molar-refractivity contribution in [2.75, 3.05) is 7.11 Å². The quantitative estimate of drug-likeness (QED) is 0.209. The van der Waals surface area contributed by atoms with Gasteiger partial charge in [-0.05, 0) is 24.7 Å². The van der Waals surface area contributed by atoms with Crippen LogP contribution in [0.2, 0.25) is 0 Å². The Labute approximate surface area is 174 Å². The lowest BCUT2D eigenvalue weighted by Crippen LogP contribution is -2.28. The molecule has 0 unspecified atom stereocenters. The standard InChI is InChI=1S/C23H38O6/c1-5-6-13-23(2,3)21(27)12-11-18-17(19(25)15-20(18)26)10-8-7-9-16(24)14-22(28)29-4/h11-12,17-18,20-21,26-27H,5-10,13-15H2,1-4H3/b12-11+/t17-,18-,20-,21-/m1/s1. The van der Waals surface area contributed by atoms with Gasteiger partial charge in [-0.1, -0.05) is 52.2 Å². The van der Waals surface area contributed by atoms with E-state index in [4.69, 9.17) is 0 Å². The molecule has 0 saturated heterocycles. The molecule has 4 atom stereocenters. The minimum atomic E-state index is -0.726. The third kappa shape index (κ3) is 8.39. The van der Waals surface area contributed by atoms with Gasteiger partial charge in [0.1, 0.15) is 18.0 Å². The van der Waals surface area contributed by atoms with Gasteiger partial charge in [0.25, 0.3) is 0 Å². The Morgan fingerprint density at radius 1 is 1.28 bits per heavy atom. The Kier molecular flexibility index (Phi) is 10.8. The van der Waals surface area contributed by atoms with Crippen molar-refractivity contribution in [3.05, 3.63) is 12.2 Å². The molecule has 2 N–H and O–H groups in total. The van der Waals surface area contributed by atoms with E-state index >= 15 is 0 Å². The summed E-state index contributed by atoms with van der Waals surface area (Å²) in [6, 6.07) is 0. The van der Waals surface area contributed by atoms with Crippen LogP contribution in [0, 0.1) is 17.3 Å². The third-order valence-electron chi connectivity index (χ3n) is 6.01. The number of unbranched alkanes of at least 4 members (excludes halogenated alkanes) is 2. The number of ketones is 2. The van der Waals surface area contributed by atoms with Crippen molar-refractivity contribution in [3.63, 3.8) is 0 Å². The van der Waals surface area contributed by atoms with Crippen LogP contribution in [0.25, 0.3) is 0 Å². The highest BCUT2D eigenvalue weighted by atomic mass is 16.5. The fourth-order valence-electron chi connectivity index (χ4n) is 3.87.